The zero-order valence-electron chi connectivity index (χ0n) is 10.3. The summed E-state index contributed by atoms with van der Waals surface area (Å²) in [6, 6.07) is 1.15. The summed E-state index contributed by atoms with van der Waals surface area (Å²) in [5, 5.41) is 9.02. The summed E-state index contributed by atoms with van der Waals surface area (Å²) in [5.41, 5.74) is 6.06. The molecule has 0 spiro atoms. The average molecular weight is 226 g/mol. The van der Waals surface area contributed by atoms with Crippen molar-refractivity contribution in [3.8, 4) is 0 Å². The molecule has 3 nitrogen and oxygen atoms in total. The van der Waals surface area contributed by atoms with Crippen molar-refractivity contribution in [1.82, 2.24) is 4.90 Å². The van der Waals surface area contributed by atoms with Gasteiger partial charge in [-0.2, -0.15) is 0 Å². The summed E-state index contributed by atoms with van der Waals surface area (Å²) in [6.45, 7) is 2.79. The molecule has 2 rings (SSSR count). The van der Waals surface area contributed by atoms with Crippen LogP contribution in [0.3, 0.4) is 0 Å². The Kier molecular flexibility index (Phi) is 4.62. The summed E-state index contributed by atoms with van der Waals surface area (Å²) < 4.78 is 0. The maximum atomic E-state index is 9.02. The Bertz CT molecular complexity index is 208. The molecule has 1 heterocycles. The summed E-state index contributed by atoms with van der Waals surface area (Å²) >= 11 is 0. The SMILES string of the molecule is NC1CCCC(N2CCCC(CCO)C2)C1. The van der Waals surface area contributed by atoms with Crippen molar-refractivity contribution in [2.75, 3.05) is 19.7 Å². The lowest BCUT2D eigenvalue weighted by molar-refractivity contribution is 0.0832. The van der Waals surface area contributed by atoms with E-state index in [0.29, 0.717) is 12.6 Å². The number of aliphatic hydroxyl groups excluding tert-OH is 1. The van der Waals surface area contributed by atoms with E-state index in [1.165, 1.54) is 51.6 Å². The van der Waals surface area contributed by atoms with E-state index in [2.05, 4.69) is 4.90 Å². The van der Waals surface area contributed by atoms with Crippen molar-refractivity contribution in [3.05, 3.63) is 0 Å². The van der Waals surface area contributed by atoms with E-state index in [1.807, 2.05) is 0 Å². The molecule has 0 aromatic heterocycles. The molecule has 3 atom stereocenters. The molecule has 1 saturated heterocycles. The highest BCUT2D eigenvalue weighted by molar-refractivity contribution is 4.85. The fraction of sp³-hybridized carbons (Fsp3) is 1.00. The molecular formula is C13H26N2O. The van der Waals surface area contributed by atoms with Crippen LogP contribution in [-0.4, -0.2) is 41.8 Å². The number of piperidine rings is 1. The molecule has 0 bridgehead atoms. The van der Waals surface area contributed by atoms with Crippen molar-refractivity contribution >= 4 is 0 Å². The van der Waals surface area contributed by atoms with E-state index in [0.717, 1.165) is 18.4 Å². The number of hydrogen-bond donors (Lipinski definition) is 2. The minimum atomic E-state index is 0.350. The Morgan fingerprint density at radius 3 is 2.81 bits per heavy atom. The van der Waals surface area contributed by atoms with Crippen LogP contribution in [0.5, 0.6) is 0 Å². The maximum Gasteiger partial charge on any atom is 0.0434 e. The van der Waals surface area contributed by atoms with Crippen molar-refractivity contribution < 1.29 is 5.11 Å². The van der Waals surface area contributed by atoms with Gasteiger partial charge in [0.1, 0.15) is 0 Å². The Hall–Kier alpha value is -0.120. The van der Waals surface area contributed by atoms with Gasteiger partial charge in [0.2, 0.25) is 0 Å². The van der Waals surface area contributed by atoms with Crippen LogP contribution < -0.4 is 5.73 Å². The molecule has 1 saturated carbocycles. The molecule has 1 aliphatic carbocycles. The van der Waals surface area contributed by atoms with E-state index in [4.69, 9.17) is 10.8 Å². The Morgan fingerprint density at radius 2 is 2.06 bits per heavy atom. The minimum Gasteiger partial charge on any atom is -0.396 e. The number of rotatable bonds is 3. The van der Waals surface area contributed by atoms with Crippen LogP contribution in [0.15, 0.2) is 0 Å². The molecule has 2 fully saturated rings. The predicted octanol–water partition coefficient (Wildman–Crippen LogP) is 1.35. The molecular weight excluding hydrogens is 200 g/mol. The van der Waals surface area contributed by atoms with Gasteiger partial charge in [0.25, 0.3) is 0 Å². The van der Waals surface area contributed by atoms with Gasteiger partial charge in [-0.1, -0.05) is 6.42 Å². The van der Waals surface area contributed by atoms with Gasteiger partial charge in [-0.15, -0.1) is 0 Å². The summed E-state index contributed by atoms with van der Waals surface area (Å²) in [5.74, 6) is 0.719. The van der Waals surface area contributed by atoms with Gasteiger partial charge in [0, 0.05) is 25.2 Å². The molecule has 0 aromatic rings. The van der Waals surface area contributed by atoms with E-state index in [9.17, 15) is 0 Å². The monoisotopic (exact) mass is 226 g/mol. The van der Waals surface area contributed by atoms with Crippen LogP contribution in [0, 0.1) is 5.92 Å². The smallest absolute Gasteiger partial charge is 0.0434 e. The first-order valence-corrected chi connectivity index (χ1v) is 6.90. The third-order valence-corrected chi connectivity index (χ3v) is 4.29. The van der Waals surface area contributed by atoms with E-state index in [-0.39, 0.29) is 0 Å². The molecule has 3 unspecified atom stereocenters. The normalized spacial score (nSPS) is 37.5. The number of nitrogens with two attached hydrogens (primary N) is 1. The fourth-order valence-electron chi connectivity index (χ4n) is 3.38. The van der Waals surface area contributed by atoms with Crippen molar-refractivity contribution in [2.45, 2.75) is 57.0 Å². The van der Waals surface area contributed by atoms with Gasteiger partial charge in [0.15, 0.2) is 0 Å². The largest absolute Gasteiger partial charge is 0.396 e. The standard InChI is InChI=1S/C13H26N2O/c14-12-4-1-5-13(9-12)15-7-2-3-11(10-15)6-8-16/h11-13,16H,1-10,14H2. The highest BCUT2D eigenvalue weighted by atomic mass is 16.3. The van der Waals surface area contributed by atoms with E-state index >= 15 is 0 Å². The van der Waals surface area contributed by atoms with Crippen LogP contribution in [0.4, 0.5) is 0 Å². The van der Waals surface area contributed by atoms with Gasteiger partial charge >= 0.3 is 0 Å². The van der Waals surface area contributed by atoms with E-state index in [1.54, 1.807) is 0 Å². The third-order valence-electron chi connectivity index (χ3n) is 4.29. The van der Waals surface area contributed by atoms with Gasteiger partial charge in [-0.3, -0.25) is 0 Å². The topological polar surface area (TPSA) is 49.5 Å². The summed E-state index contributed by atoms with van der Waals surface area (Å²) in [7, 11) is 0. The number of aliphatic hydroxyl groups is 1. The molecule has 94 valence electrons. The molecule has 0 aromatic carbocycles. The van der Waals surface area contributed by atoms with Crippen molar-refractivity contribution in [3.63, 3.8) is 0 Å². The lowest BCUT2D eigenvalue weighted by atomic mass is 9.87. The molecule has 1 aliphatic heterocycles. The zero-order valence-corrected chi connectivity index (χ0v) is 10.3. The maximum absolute atomic E-state index is 9.02. The second-order valence-corrected chi connectivity index (χ2v) is 5.60. The first-order chi connectivity index (χ1) is 7.79. The second-order valence-electron chi connectivity index (χ2n) is 5.60. The van der Waals surface area contributed by atoms with Gasteiger partial charge in [0.05, 0.1) is 0 Å². The van der Waals surface area contributed by atoms with Crippen LogP contribution in [-0.2, 0) is 0 Å². The van der Waals surface area contributed by atoms with Crippen LogP contribution in [0.1, 0.15) is 44.9 Å². The number of nitrogens with zero attached hydrogens (tertiary/aromatic N) is 1. The molecule has 0 amide bonds. The van der Waals surface area contributed by atoms with Crippen molar-refractivity contribution in [2.24, 2.45) is 11.7 Å². The highest BCUT2D eigenvalue weighted by Gasteiger charge is 2.28. The van der Waals surface area contributed by atoms with Gasteiger partial charge in [-0.05, 0) is 51.0 Å². The summed E-state index contributed by atoms with van der Waals surface area (Å²) in [6.07, 6.45) is 8.62. The summed E-state index contributed by atoms with van der Waals surface area (Å²) in [4.78, 5) is 2.64. The molecule has 0 radical (unpaired) electrons. The Labute approximate surface area is 99.0 Å². The average Bonchev–Trinajstić information content (AvgIpc) is 2.30. The number of hydrogen-bond acceptors (Lipinski definition) is 3. The quantitative estimate of drug-likeness (QED) is 0.764. The van der Waals surface area contributed by atoms with Crippen LogP contribution in [0.25, 0.3) is 0 Å². The molecule has 16 heavy (non-hydrogen) atoms. The first-order valence-electron chi connectivity index (χ1n) is 6.90. The minimum absolute atomic E-state index is 0.350. The van der Waals surface area contributed by atoms with Gasteiger partial charge in [-0.25, -0.2) is 0 Å². The fourth-order valence-corrected chi connectivity index (χ4v) is 3.38. The highest BCUT2D eigenvalue weighted by Crippen LogP contribution is 2.27. The molecule has 3 N–H and O–H groups in total. The van der Waals surface area contributed by atoms with Crippen LogP contribution in [0.2, 0.25) is 0 Å². The Morgan fingerprint density at radius 1 is 1.19 bits per heavy atom. The second kappa shape index (κ2) is 5.99. The molecule has 2 aliphatic rings. The van der Waals surface area contributed by atoms with Crippen molar-refractivity contribution in [1.29, 1.82) is 0 Å². The zero-order chi connectivity index (χ0) is 11.4. The van der Waals surface area contributed by atoms with Gasteiger partial charge < -0.3 is 15.7 Å². The van der Waals surface area contributed by atoms with Crippen LogP contribution >= 0.6 is 0 Å². The van der Waals surface area contributed by atoms with E-state index < -0.39 is 0 Å². The predicted molar refractivity (Wildman–Crippen MR) is 66.2 cm³/mol. The Balaban J connectivity index is 1.83. The lowest BCUT2D eigenvalue weighted by Crippen LogP contribution is -2.47. The lowest BCUT2D eigenvalue weighted by Gasteiger charge is -2.41. The molecule has 3 heteroatoms. The first kappa shape index (κ1) is 12.3. The number of likely N-dealkylation sites (tertiary alicyclic amines) is 1. The third kappa shape index (κ3) is 3.19.